The molecule has 18 heavy (non-hydrogen) atoms. The molecule has 1 aromatic rings. The summed E-state index contributed by atoms with van der Waals surface area (Å²) in [5, 5.41) is 3.22. The number of benzene rings is 1. The first-order valence-corrected chi connectivity index (χ1v) is 6.81. The van der Waals surface area contributed by atoms with Crippen molar-refractivity contribution >= 4 is 5.69 Å². The third-order valence-electron chi connectivity index (χ3n) is 3.78. The predicted octanol–water partition coefficient (Wildman–Crippen LogP) is 3.31. The smallest absolute Gasteiger partial charge is 0.146 e. The average molecular weight is 250 g/mol. The van der Waals surface area contributed by atoms with Gasteiger partial charge in [0.25, 0.3) is 0 Å². The first-order valence-electron chi connectivity index (χ1n) is 6.81. The number of halogens is 1. The van der Waals surface area contributed by atoms with E-state index in [9.17, 15) is 4.39 Å². The van der Waals surface area contributed by atoms with Crippen molar-refractivity contribution in [1.29, 1.82) is 0 Å². The van der Waals surface area contributed by atoms with E-state index in [2.05, 4.69) is 31.0 Å². The van der Waals surface area contributed by atoms with Crippen LogP contribution in [0.4, 0.5) is 10.1 Å². The molecule has 0 unspecified atom stereocenters. The predicted molar refractivity (Wildman–Crippen MR) is 74.4 cm³/mol. The molecule has 2 rings (SSSR count). The molecule has 0 radical (unpaired) electrons. The Kier molecular flexibility index (Phi) is 3.91. The Morgan fingerprint density at radius 2 is 2.17 bits per heavy atom. The number of rotatable bonds is 4. The van der Waals surface area contributed by atoms with Crippen molar-refractivity contribution in [3.63, 3.8) is 0 Å². The Labute approximate surface area is 109 Å². The van der Waals surface area contributed by atoms with Crippen molar-refractivity contribution in [2.24, 2.45) is 0 Å². The van der Waals surface area contributed by atoms with Crippen LogP contribution in [0.5, 0.6) is 0 Å². The fourth-order valence-corrected chi connectivity index (χ4v) is 2.70. The van der Waals surface area contributed by atoms with E-state index < -0.39 is 0 Å². The molecule has 1 aromatic carbocycles. The molecule has 0 spiro atoms. The number of nitrogens with zero attached hydrogens (tertiary/aromatic N) is 1. The molecule has 1 heterocycles. The lowest BCUT2D eigenvalue weighted by atomic mass is 10.0. The second kappa shape index (κ2) is 5.27. The van der Waals surface area contributed by atoms with E-state index in [1.54, 1.807) is 6.07 Å². The molecular formula is C15H23FN2. The zero-order chi connectivity index (χ0) is 13.2. The van der Waals surface area contributed by atoms with Crippen molar-refractivity contribution in [3.05, 3.63) is 29.6 Å². The SMILES string of the molecule is CCNCc1ccc(N2CCCC2(C)C)c(F)c1. The molecule has 0 aliphatic carbocycles. The maximum atomic E-state index is 14.2. The zero-order valence-corrected chi connectivity index (χ0v) is 11.6. The van der Waals surface area contributed by atoms with Gasteiger partial charge in [-0.1, -0.05) is 13.0 Å². The van der Waals surface area contributed by atoms with Gasteiger partial charge in [-0.3, -0.25) is 0 Å². The van der Waals surface area contributed by atoms with Crippen LogP contribution in [-0.2, 0) is 6.54 Å². The number of hydrogen-bond donors (Lipinski definition) is 1. The molecule has 0 amide bonds. The topological polar surface area (TPSA) is 15.3 Å². The van der Waals surface area contributed by atoms with Gasteiger partial charge in [0, 0.05) is 18.6 Å². The van der Waals surface area contributed by atoms with E-state index in [4.69, 9.17) is 0 Å². The third kappa shape index (κ3) is 2.66. The van der Waals surface area contributed by atoms with Gasteiger partial charge in [0.05, 0.1) is 5.69 Å². The van der Waals surface area contributed by atoms with E-state index >= 15 is 0 Å². The van der Waals surface area contributed by atoms with Crippen molar-refractivity contribution in [3.8, 4) is 0 Å². The Morgan fingerprint density at radius 1 is 1.39 bits per heavy atom. The summed E-state index contributed by atoms with van der Waals surface area (Å²) >= 11 is 0. The van der Waals surface area contributed by atoms with Gasteiger partial charge in [-0.2, -0.15) is 0 Å². The van der Waals surface area contributed by atoms with Crippen LogP contribution in [0.15, 0.2) is 18.2 Å². The van der Waals surface area contributed by atoms with Crippen LogP contribution in [0, 0.1) is 5.82 Å². The van der Waals surface area contributed by atoms with Crippen LogP contribution in [0.25, 0.3) is 0 Å². The number of anilines is 1. The van der Waals surface area contributed by atoms with Gasteiger partial charge >= 0.3 is 0 Å². The van der Waals surface area contributed by atoms with Crippen molar-refractivity contribution in [2.45, 2.75) is 45.7 Å². The lowest BCUT2D eigenvalue weighted by molar-refractivity contribution is 0.506. The van der Waals surface area contributed by atoms with E-state index in [-0.39, 0.29) is 11.4 Å². The van der Waals surface area contributed by atoms with Gasteiger partial charge in [-0.25, -0.2) is 4.39 Å². The van der Waals surface area contributed by atoms with Gasteiger partial charge in [-0.05, 0) is 50.9 Å². The molecular weight excluding hydrogens is 227 g/mol. The molecule has 0 saturated carbocycles. The second-order valence-corrected chi connectivity index (χ2v) is 5.63. The van der Waals surface area contributed by atoms with Crippen molar-refractivity contribution in [2.75, 3.05) is 18.0 Å². The lowest BCUT2D eigenvalue weighted by Gasteiger charge is -2.34. The highest BCUT2D eigenvalue weighted by Gasteiger charge is 2.33. The summed E-state index contributed by atoms with van der Waals surface area (Å²) in [5.74, 6) is -0.0969. The van der Waals surface area contributed by atoms with E-state index in [1.807, 2.05) is 12.1 Å². The summed E-state index contributed by atoms with van der Waals surface area (Å²) in [6.45, 7) is 9.02. The highest BCUT2D eigenvalue weighted by Crippen LogP contribution is 2.35. The maximum Gasteiger partial charge on any atom is 0.146 e. The van der Waals surface area contributed by atoms with Crippen molar-refractivity contribution < 1.29 is 4.39 Å². The van der Waals surface area contributed by atoms with Crippen LogP contribution >= 0.6 is 0 Å². The van der Waals surface area contributed by atoms with Gasteiger partial charge in [0.1, 0.15) is 5.82 Å². The molecule has 1 saturated heterocycles. The van der Waals surface area contributed by atoms with Crippen LogP contribution < -0.4 is 10.2 Å². The van der Waals surface area contributed by atoms with Crippen LogP contribution in [-0.4, -0.2) is 18.6 Å². The summed E-state index contributed by atoms with van der Waals surface area (Å²) in [4.78, 5) is 2.19. The molecule has 3 heteroatoms. The Hall–Kier alpha value is -1.09. The van der Waals surface area contributed by atoms with E-state index in [1.165, 1.54) is 0 Å². The van der Waals surface area contributed by atoms with Crippen molar-refractivity contribution in [1.82, 2.24) is 5.32 Å². The monoisotopic (exact) mass is 250 g/mol. The quantitative estimate of drug-likeness (QED) is 0.882. The van der Waals surface area contributed by atoms with Crippen LogP contribution in [0.1, 0.15) is 39.2 Å². The number of nitrogens with one attached hydrogen (secondary N) is 1. The lowest BCUT2D eigenvalue weighted by Crippen LogP contribution is -2.38. The average Bonchev–Trinajstić information content (AvgIpc) is 2.66. The fraction of sp³-hybridized carbons (Fsp3) is 0.600. The summed E-state index contributed by atoms with van der Waals surface area (Å²) in [7, 11) is 0. The summed E-state index contributed by atoms with van der Waals surface area (Å²) in [6, 6.07) is 5.61. The van der Waals surface area contributed by atoms with Gasteiger partial charge in [-0.15, -0.1) is 0 Å². The third-order valence-corrected chi connectivity index (χ3v) is 3.78. The molecule has 0 bridgehead atoms. The Bertz CT molecular complexity index is 415. The highest BCUT2D eigenvalue weighted by atomic mass is 19.1. The summed E-state index contributed by atoms with van der Waals surface area (Å²) in [6.07, 6.45) is 2.27. The second-order valence-electron chi connectivity index (χ2n) is 5.63. The summed E-state index contributed by atoms with van der Waals surface area (Å²) < 4.78 is 14.2. The van der Waals surface area contributed by atoms with E-state index in [0.717, 1.165) is 43.7 Å². The first kappa shape index (κ1) is 13.3. The Morgan fingerprint density at radius 3 is 2.72 bits per heavy atom. The molecule has 0 atom stereocenters. The Balaban J connectivity index is 2.19. The van der Waals surface area contributed by atoms with E-state index in [0.29, 0.717) is 0 Å². The minimum absolute atomic E-state index is 0.0734. The first-order chi connectivity index (χ1) is 8.54. The van der Waals surface area contributed by atoms with Gasteiger partial charge < -0.3 is 10.2 Å². The molecule has 1 fully saturated rings. The fourth-order valence-electron chi connectivity index (χ4n) is 2.70. The molecule has 1 N–H and O–H groups in total. The minimum atomic E-state index is -0.0969. The molecule has 2 nitrogen and oxygen atoms in total. The highest BCUT2D eigenvalue weighted by molar-refractivity contribution is 5.52. The molecule has 1 aliphatic heterocycles. The molecule has 100 valence electrons. The minimum Gasteiger partial charge on any atom is -0.364 e. The summed E-state index contributed by atoms with van der Waals surface area (Å²) in [5.41, 5.74) is 1.83. The molecule has 0 aromatic heterocycles. The van der Waals surface area contributed by atoms with Gasteiger partial charge in [0.2, 0.25) is 0 Å². The van der Waals surface area contributed by atoms with Crippen LogP contribution in [0.3, 0.4) is 0 Å². The zero-order valence-electron chi connectivity index (χ0n) is 11.6. The largest absolute Gasteiger partial charge is 0.364 e. The standard InChI is InChI=1S/C15H23FN2/c1-4-17-11-12-6-7-14(13(16)10-12)18-9-5-8-15(18,2)3/h6-7,10,17H,4-5,8-9,11H2,1-3H3. The molecule has 1 aliphatic rings. The van der Waals surface area contributed by atoms with Crippen LogP contribution in [0.2, 0.25) is 0 Å². The van der Waals surface area contributed by atoms with Gasteiger partial charge in [0.15, 0.2) is 0 Å². The number of hydrogen-bond acceptors (Lipinski definition) is 2. The maximum absolute atomic E-state index is 14.2. The normalized spacial score (nSPS) is 18.3.